The fraction of sp³-hybridized carbons (Fsp3) is 0.167. The van der Waals surface area contributed by atoms with Gasteiger partial charge >= 0.3 is 11.9 Å². The summed E-state index contributed by atoms with van der Waals surface area (Å²) < 4.78 is 10.6. The van der Waals surface area contributed by atoms with Gasteiger partial charge < -0.3 is 9.15 Å². The molecular formula is C12H8BrN3O3S. The van der Waals surface area contributed by atoms with Crippen molar-refractivity contribution in [3.8, 4) is 6.07 Å². The number of hydrogen-bond donors (Lipinski definition) is 0. The van der Waals surface area contributed by atoms with Crippen LogP contribution in [0.3, 0.4) is 0 Å². The van der Waals surface area contributed by atoms with E-state index in [0.717, 1.165) is 11.8 Å². The van der Waals surface area contributed by atoms with Crippen molar-refractivity contribution in [3.63, 3.8) is 0 Å². The molecule has 0 amide bonds. The van der Waals surface area contributed by atoms with Gasteiger partial charge in [0.05, 0.1) is 12.2 Å². The van der Waals surface area contributed by atoms with Gasteiger partial charge in [-0.25, -0.2) is 4.79 Å². The van der Waals surface area contributed by atoms with Crippen molar-refractivity contribution in [1.82, 2.24) is 10.2 Å². The second-order valence-electron chi connectivity index (χ2n) is 3.42. The molecule has 102 valence electrons. The topological polar surface area (TPSA) is 89.0 Å². The highest BCUT2D eigenvalue weighted by atomic mass is 79.9. The normalized spacial score (nSPS) is 10.1. The van der Waals surface area contributed by atoms with Gasteiger partial charge in [0.2, 0.25) is 0 Å². The molecule has 0 aliphatic rings. The van der Waals surface area contributed by atoms with Crippen LogP contribution in [0.5, 0.6) is 0 Å². The van der Waals surface area contributed by atoms with E-state index in [1.807, 2.05) is 0 Å². The van der Waals surface area contributed by atoms with E-state index in [2.05, 4.69) is 32.2 Å². The lowest BCUT2D eigenvalue weighted by molar-refractivity contribution is 0.0475. The van der Waals surface area contributed by atoms with Crippen LogP contribution >= 0.6 is 27.7 Å². The molecule has 1 aromatic carbocycles. The zero-order valence-electron chi connectivity index (χ0n) is 10.3. The summed E-state index contributed by atoms with van der Waals surface area (Å²) in [7, 11) is 0. The van der Waals surface area contributed by atoms with Gasteiger partial charge in [-0.2, -0.15) is 5.26 Å². The van der Waals surface area contributed by atoms with Crippen LogP contribution in [0.2, 0.25) is 0 Å². The van der Waals surface area contributed by atoms with Crippen molar-refractivity contribution in [2.24, 2.45) is 0 Å². The third-order valence-electron chi connectivity index (χ3n) is 2.14. The Kier molecular flexibility index (Phi) is 4.76. The molecule has 8 heteroatoms. The lowest BCUT2D eigenvalue weighted by Crippen LogP contribution is -2.04. The summed E-state index contributed by atoms with van der Waals surface area (Å²) in [6.07, 6.45) is 0. The zero-order valence-corrected chi connectivity index (χ0v) is 12.7. The van der Waals surface area contributed by atoms with Gasteiger partial charge in [-0.05, 0) is 46.7 Å². The highest BCUT2D eigenvalue weighted by molar-refractivity contribution is 9.10. The number of nitriles is 1. The van der Waals surface area contributed by atoms with E-state index in [-0.39, 0.29) is 17.7 Å². The van der Waals surface area contributed by atoms with Crippen LogP contribution in [-0.2, 0) is 4.74 Å². The lowest BCUT2D eigenvalue weighted by Gasteiger charge is -2.01. The Balaban J connectivity index is 2.22. The minimum Gasteiger partial charge on any atom is -0.459 e. The molecule has 0 spiro atoms. The zero-order chi connectivity index (χ0) is 14.5. The number of nitrogens with zero attached hydrogens (tertiary/aromatic N) is 3. The molecule has 1 heterocycles. The van der Waals surface area contributed by atoms with Crippen molar-refractivity contribution in [2.45, 2.75) is 17.0 Å². The van der Waals surface area contributed by atoms with Gasteiger partial charge in [0.1, 0.15) is 6.07 Å². The monoisotopic (exact) mass is 353 g/mol. The van der Waals surface area contributed by atoms with E-state index >= 15 is 0 Å². The van der Waals surface area contributed by atoms with Gasteiger partial charge in [-0.1, -0.05) is 11.2 Å². The van der Waals surface area contributed by atoms with E-state index in [9.17, 15) is 4.79 Å². The number of rotatable bonds is 4. The number of ether oxygens (including phenoxy) is 1. The molecule has 2 rings (SSSR count). The fourth-order valence-corrected chi connectivity index (χ4v) is 2.70. The number of halogens is 1. The van der Waals surface area contributed by atoms with Gasteiger partial charge in [-0.3, -0.25) is 0 Å². The van der Waals surface area contributed by atoms with Gasteiger partial charge in [0.15, 0.2) is 0 Å². The average Bonchev–Trinajstić information content (AvgIpc) is 2.88. The lowest BCUT2D eigenvalue weighted by atomic mass is 10.2. The van der Waals surface area contributed by atoms with Crippen molar-refractivity contribution < 1.29 is 13.9 Å². The quantitative estimate of drug-likeness (QED) is 0.780. The van der Waals surface area contributed by atoms with E-state index in [1.165, 1.54) is 0 Å². The predicted molar refractivity (Wildman–Crippen MR) is 73.2 cm³/mol. The summed E-state index contributed by atoms with van der Waals surface area (Å²) in [6, 6.07) is 7.39. The van der Waals surface area contributed by atoms with Crippen molar-refractivity contribution >= 4 is 33.7 Å². The molecule has 0 saturated carbocycles. The van der Waals surface area contributed by atoms with Crippen LogP contribution in [0, 0.1) is 11.3 Å². The van der Waals surface area contributed by atoms with E-state index in [4.69, 9.17) is 14.4 Å². The van der Waals surface area contributed by atoms with Crippen LogP contribution in [0.1, 0.15) is 23.2 Å². The molecule has 0 fully saturated rings. The number of esters is 1. The molecular weight excluding hydrogens is 346 g/mol. The highest BCUT2D eigenvalue weighted by Gasteiger charge is 2.17. The SMILES string of the molecule is CCOC(=O)c1nnc(Sc2cccc(Br)c2C#N)o1. The fourth-order valence-electron chi connectivity index (χ4n) is 1.32. The summed E-state index contributed by atoms with van der Waals surface area (Å²) in [5.41, 5.74) is 0.466. The average molecular weight is 354 g/mol. The Hall–Kier alpha value is -1.85. The molecule has 0 aliphatic heterocycles. The summed E-state index contributed by atoms with van der Waals surface area (Å²) in [6.45, 7) is 1.92. The molecule has 0 atom stereocenters. The number of aromatic nitrogens is 2. The third kappa shape index (κ3) is 3.18. The van der Waals surface area contributed by atoms with Crippen LogP contribution in [-0.4, -0.2) is 22.8 Å². The minimum atomic E-state index is -0.665. The standard InChI is InChI=1S/C12H8BrN3O3S/c1-2-18-11(17)10-15-16-12(19-10)20-9-5-3-4-8(13)7(9)6-14/h3-5H,2H2,1H3. The van der Waals surface area contributed by atoms with Crippen LogP contribution < -0.4 is 0 Å². The maximum atomic E-state index is 11.4. The summed E-state index contributed by atoms with van der Waals surface area (Å²) in [4.78, 5) is 12.1. The molecule has 0 unspecified atom stereocenters. The summed E-state index contributed by atoms with van der Waals surface area (Å²) in [5, 5.41) is 16.6. The second kappa shape index (κ2) is 6.54. The highest BCUT2D eigenvalue weighted by Crippen LogP contribution is 2.32. The Bertz CT molecular complexity index is 681. The van der Waals surface area contributed by atoms with E-state index < -0.39 is 5.97 Å². The molecule has 0 bridgehead atoms. The minimum absolute atomic E-state index is 0.169. The van der Waals surface area contributed by atoms with Crippen LogP contribution in [0.4, 0.5) is 0 Å². The first-order valence-electron chi connectivity index (χ1n) is 5.52. The first-order valence-corrected chi connectivity index (χ1v) is 7.13. The van der Waals surface area contributed by atoms with Crippen LogP contribution in [0.15, 0.2) is 37.2 Å². The Morgan fingerprint density at radius 2 is 2.35 bits per heavy atom. The maximum absolute atomic E-state index is 11.4. The Morgan fingerprint density at radius 3 is 3.05 bits per heavy atom. The number of benzene rings is 1. The molecule has 6 nitrogen and oxygen atoms in total. The first kappa shape index (κ1) is 14.6. The van der Waals surface area contributed by atoms with Gasteiger partial charge in [0, 0.05) is 9.37 Å². The molecule has 1 aromatic heterocycles. The van der Waals surface area contributed by atoms with Crippen molar-refractivity contribution in [1.29, 1.82) is 5.26 Å². The van der Waals surface area contributed by atoms with Crippen molar-refractivity contribution in [3.05, 3.63) is 34.1 Å². The summed E-state index contributed by atoms with van der Waals surface area (Å²) >= 11 is 4.40. The molecule has 0 saturated heterocycles. The van der Waals surface area contributed by atoms with E-state index in [1.54, 1.807) is 25.1 Å². The molecule has 0 aliphatic carbocycles. The predicted octanol–water partition coefficient (Wildman–Crippen LogP) is 3.03. The number of carbonyl (C=O) groups is 1. The molecule has 0 N–H and O–H groups in total. The maximum Gasteiger partial charge on any atom is 0.396 e. The summed E-state index contributed by atoms with van der Waals surface area (Å²) in [5.74, 6) is -0.871. The largest absolute Gasteiger partial charge is 0.459 e. The second-order valence-corrected chi connectivity index (χ2v) is 5.27. The Morgan fingerprint density at radius 1 is 1.55 bits per heavy atom. The van der Waals surface area contributed by atoms with Gasteiger partial charge in [-0.15, -0.1) is 5.10 Å². The van der Waals surface area contributed by atoms with Gasteiger partial charge in [0.25, 0.3) is 5.22 Å². The van der Waals surface area contributed by atoms with Crippen molar-refractivity contribution in [2.75, 3.05) is 6.61 Å². The van der Waals surface area contributed by atoms with E-state index in [0.29, 0.717) is 14.9 Å². The molecule has 0 radical (unpaired) electrons. The Labute approximate surface area is 127 Å². The molecule has 20 heavy (non-hydrogen) atoms. The van der Waals surface area contributed by atoms with Crippen LogP contribution in [0.25, 0.3) is 0 Å². The number of hydrogen-bond acceptors (Lipinski definition) is 7. The smallest absolute Gasteiger partial charge is 0.396 e. The molecule has 2 aromatic rings. The number of carbonyl (C=O) groups excluding carboxylic acids is 1. The first-order chi connectivity index (χ1) is 9.65. The third-order valence-corrected chi connectivity index (χ3v) is 3.70.